The molecule has 0 radical (unpaired) electrons. The molecule has 2 N–H and O–H groups in total. The first-order valence-corrected chi connectivity index (χ1v) is 8.89. The van der Waals surface area contributed by atoms with Crippen molar-refractivity contribution < 1.29 is 29.4 Å². The van der Waals surface area contributed by atoms with E-state index in [0.717, 1.165) is 38.5 Å². The Bertz CT molecular complexity index is 414. The van der Waals surface area contributed by atoms with E-state index in [2.05, 4.69) is 0 Å². The van der Waals surface area contributed by atoms with E-state index >= 15 is 0 Å². The summed E-state index contributed by atoms with van der Waals surface area (Å²) in [5, 5.41) is 16.8. The lowest BCUT2D eigenvalue weighted by Crippen LogP contribution is -2.19. The molecule has 2 rings (SSSR count). The number of rotatable bonds is 6. The minimum Gasteiger partial charge on any atom is -0.481 e. The van der Waals surface area contributed by atoms with Gasteiger partial charge in [0.15, 0.2) is 0 Å². The lowest BCUT2D eigenvalue weighted by molar-refractivity contribution is -0.139. The molecule has 2 saturated carbocycles. The van der Waals surface area contributed by atoms with Crippen LogP contribution in [0.3, 0.4) is 0 Å². The van der Waals surface area contributed by atoms with Gasteiger partial charge < -0.3 is 10.2 Å². The van der Waals surface area contributed by atoms with Crippen LogP contribution in [0.25, 0.3) is 0 Å². The second-order valence-electron chi connectivity index (χ2n) is 6.68. The Morgan fingerprint density at radius 2 is 1.12 bits per heavy atom. The molecule has 2 aliphatic carbocycles. The smallest absolute Gasteiger partial charge is 0.303 e. The van der Waals surface area contributed by atoms with Gasteiger partial charge in [0, 0.05) is 37.5 Å². The first kappa shape index (κ1) is 20.3. The lowest BCUT2D eigenvalue weighted by atomic mass is 9.85. The highest BCUT2D eigenvalue weighted by Crippen LogP contribution is 2.25. The summed E-state index contributed by atoms with van der Waals surface area (Å²) >= 11 is 0. The summed E-state index contributed by atoms with van der Waals surface area (Å²) < 4.78 is 0. The van der Waals surface area contributed by atoms with Crippen LogP contribution < -0.4 is 0 Å². The minimum atomic E-state index is -0.798. The summed E-state index contributed by atoms with van der Waals surface area (Å²) in [5.74, 6) is -0.989. The molecule has 0 aromatic rings. The molecule has 0 bridgehead atoms. The van der Waals surface area contributed by atoms with Crippen molar-refractivity contribution in [2.45, 2.75) is 77.0 Å². The Kier molecular flexibility index (Phi) is 9.27. The molecule has 6 nitrogen and oxygen atoms in total. The predicted octanol–water partition coefficient (Wildman–Crippen LogP) is 3.22. The van der Waals surface area contributed by atoms with E-state index in [1.807, 2.05) is 0 Å². The number of hydrogen-bond acceptors (Lipinski definition) is 4. The number of carbonyl (C=O) groups excluding carboxylic acids is 2. The number of ketones is 2. The van der Waals surface area contributed by atoms with Crippen molar-refractivity contribution in [2.24, 2.45) is 11.8 Å². The predicted molar refractivity (Wildman–Crippen MR) is 87.7 cm³/mol. The summed E-state index contributed by atoms with van der Waals surface area (Å²) in [4.78, 5) is 42.9. The van der Waals surface area contributed by atoms with Crippen LogP contribution in [-0.4, -0.2) is 33.7 Å². The van der Waals surface area contributed by atoms with E-state index in [9.17, 15) is 19.2 Å². The molecule has 0 heterocycles. The number of Topliss-reactive ketones (excluding diaryl/α,β-unsaturated/α-hetero) is 2. The van der Waals surface area contributed by atoms with Gasteiger partial charge in [-0.2, -0.15) is 0 Å². The summed E-state index contributed by atoms with van der Waals surface area (Å²) in [6.45, 7) is 0. The van der Waals surface area contributed by atoms with Gasteiger partial charge in [0.05, 0.1) is 0 Å². The van der Waals surface area contributed by atoms with E-state index < -0.39 is 11.9 Å². The first-order valence-electron chi connectivity index (χ1n) is 8.89. The van der Waals surface area contributed by atoms with Crippen LogP contribution in [0, 0.1) is 11.8 Å². The highest BCUT2D eigenvalue weighted by atomic mass is 16.4. The average molecular weight is 340 g/mol. The van der Waals surface area contributed by atoms with Gasteiger partial charge in [0.2, 0.25) is 0 Å². The second-order valence-corrected chi connectivity index (χ2v) is 6.68. The zero-order valence-electron chi connectivity index (χ0n) is 14.2. The molecule has 136 valence electrons. The maximum Gasteiger partial charge on any atom is 0.303 e. The Balaban J connectivity index is 0.000000240. The first-order chi connectivity index (χ1) is 11.4. The topological polar surface area (TPSA) is 109 Å². The summed E-state index contributed by atoms with van der Waals surface area (Å²) in [6, 6.07) is 0. The fraction of sp³-hybridized carbons (Fsp3) is 0.778. The number of hydrogen-bond donors (Lipinski definition) is 2. The standard InChI is InChI=1S/2C9H14O3/c2*10-8-4-2-1-3-7(8)5-6-9(11)12/h2*7H,1-6H2,(H,11,12)/t2*7-/m11/s1. The van der Waals surface area contributed by atoms with Crippen LogP contribution in [0.1, 0.15) is 77.0 Å². The molecule has 6 heteroatoms. The van der Waals surface area contributed by atoms with E-state index in [0.29, 0.717) is 25.7 Å². The quantitative estimate of drug-likeness (QED) is 0.768. The van der Waals surface area contributed by atoms with Crippen LogP contribution in [0.15, 0.2) is 0 Å². The molecule has 2 fully saturated rings. The third kappa shape index (κ3) is 8.22. The van der Waals surface area contributed by atoms with Crippen molar-refractivity contribution in [1.82, 2.24) is 0 Å². The van der Waals surface area contributed by atoms with Crippen LogP contribution in [0.2, 0.25) is 0 Å². The zero-order chi connectivity index (χ0) is 17.9. The van der Waals surface area contributed by atoms with Crippen molar-refractivity contribution in [3.05, 3.63) is 0 Å². The zero-order valence-corrected chi connectivity index (χ0v) is 14.2. The minimum absolute atomic E-state index is 0.0369. The van der Waals surface area contributed by atoms with Gasteiger partial charge in [-0.05, 0) is 38.5 Å². The molecular weight excluding hydrogens is 312 g/mol. The van der Waals surface area contributed by atoms with Gasteiger partial charge in [-0.25, -0.2) is 0 Å². The summed E-state index contributed by atoms with van der Waals surface area (Å²) in [7, 11) is 0. The summed E-state index contributed by atoms with van der Waals surface area (Å²) in [6.07, 6.45) is 8.58. The molecule has 0 aromatic carbocycles. The average Bonchev–Trinajstić information content (AvgIpc) is 2.54. The largest absolute Gasteiger partial charge is 0.481 e. The van der Waals surface area contributed by atoms with Crippen LogP contribution in [0.4, 0.5) is 0 Å². The third-order valence-corrected chi connectivity index (χ3v) is 4.78. The van der Waals surface area contributed by atoms with Crippen LogP contribution >= 0.6 is 0 Å². The molecule has 0 aromatic heterocycles. The van der Waals surface area contributed by atoms with E-state index in [-0.39, 0.29) is 36.2 Å². The van der Waals surface area contributed by atoms with Crippen molar-refractivity contribution in [2.75, 3.05) is 0 Å². The number of carbonyl (C=O) groups is 4. The van der Waals surface area contributed by atoms with Gasteiger partial charge in [0.1, 0.15) is 11.6 Å². The van der Waals surface area contributed by atoms with Crippen molar-refractivity contribution >= 4 is 23.5 Å². The Morgan fingerprint density at radius 1 is 0.750 bits per heavy atom. The lowest BCUT2D eigenvalue weighted by Gasteiger charge is -2.19. The Labute approximate surface area is 142 Å². The fourth-order valence-corrected chi connectivity index (χ4v) is 3.32. The molecular formula is C18H28O6. The highest BCUT2D eigenvalue weighted by molar-refractivity contribution is 5.82. The monoisotopic (exact) mass is 340 g/mol. The second kappa shape index (κ2) is 10.9. The number of aliphatic carboxylic acids is 2. The molecule has 0 aliphatic heterocycles. The van der Waals surface area contributed by atoms with E-state index in [1.165, 1.54) is 0 Å². The maximum absolute atomic E-state index is 11.2. The van der Waals surface area contributed by atoms with Gasteiger partial charge in [-0.15, -0.1) is 0 Å². The van der Waals surface area contributed by atoms with Gasteiger partial charge >= 0.3 is 11.9 Å². The Hall–Kier alpha value is -1.72. The van der Waals surface area contributed by atoms with Crippen LogP contribution in [0.5, 0.6) is 0 Å². The fourth-order valence-electron chi connectivity index (χ4n) is 3.32. The normalized spacial score (nSPS) is 24.0. The molecule has 0 saturated heterocycles. The highest BCUT2D eigenvalue weighted by Gasteiger charge is 2.23. The molecule has 0 amide bonds. The summed E-state index contributed by atoms with van der Waals surface area (Å²) in [5.41, 5.74) is 0. The van der Waals surface area contributed by atoms with Crippen LogP contribution in [-0.2, 0) is 19.2 Å². The molecule has 24 heavy (non-hydrogen) atoms. The van der Waals surface area contributed by atoms with E-state index in [1.54, 1.807) is 0 Å². The van der Waals surface area contributed by atoms with Gasteiger partial charge in [-0.3, -0.25) is 19.2 Å². The number of carboxylic acid groups (broad SMARTS) is 2. The SMILES string of the molecule is O=C(O)CC[C@H]1CCCCC1=O.O=C(O)CC[C@H]1CCCCC1=O. The van der Waals surface area contributed by atoms with Crippen molar-refractivity contribution in [1.29, 1.82) is 0 Å². The molecule has 2 aliphatic rings. The van der Waals surface area contributed by atoms with E-state index in [4.69, 9.17) is 10.2 Å². The molecule has 2 atom stereocenters. The van der Waals surface area contributed by atoms with Gasteiger partial charge in [-0.1, -0.05) is 12.8 Å². The molecule has 0 unspecified atom stereocenters. The maximum atomic E-state index is 11.2. The van der Waals surface area contributed by atoms with Crippen molar-refractivity contribution in [3.8, 4) is 0 Å². The van der Waals surface area contributed by atoms with Crippen molar-refractivity contribution in [3.63, 3.8) is 0 Å². The Morgan fingerprint density at radius 3 is 1.42 bits per heavy atom. The van der Waals surface area contributed by atoms with Gasteiger partial charge in [0.25, 0.3) is 0 Å². The molecule has 0 spiro atoms. The number of carboxylic acids is 2. The third-order valence-electron chi connectivity index (χ3n) is 4.78.